The van der Waals surface area contributed by atoms with Crippen molar-refractivity contribution < 1.29 is 0 Å². The highest BCUT2D eigenvalue weighted by Gasteiger charge is 2.37. The standard InChI is InChI=1S/C30H38N6/c1-17-11-23-27(13-19(17)3)35(33-31-23)25-15-22(30(8,9)10)26(16-21(25)29(5,6)7)36-28-14-20(4)18(2)12-24(28)32-34-36/h11-16,23,27H,1-10H3. The Balaban J connectivity index is 1.76. The zero-order valence-electron chi connectivity index (χ0n) is 23.3. The molecule has 0 spiro atoms. The molecule has 36 heavy (non-hydrogen) atoms. The van der Waals surface area contributed by atoms with Crippen LogP contribution >= 0.6 is 0 Å². The molecule has 0 N–H and O–H groups in total. The molecule has 1 aromatic heterocycles. The molecule has 5 rings (SSSR count). The van der Waals surface area contributed by atoms with Crippen LogP contribution in [0.25, 0.3) is 16.7 Å². The molecule has 2 aliphatic rings. The van der Waals surface area contributed by atoms with Crippen molar-refractivity contribution in [2.45, 2.75) is 92.2 Å². The molecule has 6 nitrogen and oxygen atoms in total. The van der Waals surface area contributed by atoms with Crippen LogP contribution in [0, 0.1) is 13.8 Å². The number of allylic oxidation sites excluding steroid dienone is 2. The molecule has 0 saturated heterocycles. The van der Waals surface area contributed by atoms with Crippen molar-refractivity contribution in [3.63, 3.8) is 0 Å². The molecule has 1 aliphatic heterocycles. The fourth-order valence-corrected chi connectivity index (χ4v) is 5.17. The van der Waals surface area contributed by atoms with Crippen LogP contribution in [0.3, 0.4) is 0 Å². The topological polar surface area (TPSA) is 58.7 Å². The summed E-state index contributed by atoms with van der Waals surface area (Å²) < 4.78 is 2.02. The van der Waals surface area contributed by atoms with Gasteiger partial charge in [0.15, 0.2) is 0 Å². The van der Waals surface area contributed by atoms with Crippen molar-refractivity contribution in [2.75, 3.05) is 5.01 Å². The number of aryl methyl sites for hydroxylation is 2. The first-order chi connectivity index (χ1) is 16.8. The van der Waals surface area contributed by atoms with Gasteiger partial charge in [0, 0.05) is 0 Å². The zero-order chi connectivity index (χ0) is 26.2. The fourth-order valence-electron chi connectivity index (χ4n) is 5.17. The first-order valence-corrected chi connectivity index (χ1v) is 12.8. The van der Waals surface area contributed by atoms with Gasteiger partial charge in [-0.2, -0.15) is 5.11 Å². The number of fused-ring (bicyclic) bond motifs is 2. The van der Waals surface area contributed by atoms with E-state index in [4.69, 9.17) is 5.22 Å². The predicted molar refractivity (Wildman–Crippen MR) is 148 cm³/mol. The Hall–Kier alpha value is -3.28. The van der Waals surface area contributed by atoms with E-state index in [-0.39, 0.29) is 22.9 Å². The lowest BCUT2D eigenvalue weighted by Gasteiger charge is -2.34. The lowest BCUT2D eigenvalue weighted by Crippen LogP contribution is -2.36. The van der Waals surface area contributed by atoms with Crippen LogP contribution < -0.4 is 5.01 Å². The minimum absolute atomic E-state index is 0.0461. The third-order valence-corrected chi connectivity index (χ3v) is 7.64. The van der Waals surface area contributed by atoms with Crippen LogP contribution in [0.4, 0.5) is 5.69 Å². The molecule has 0 amide bonds. The van der Waals surface area contributed by atoms with E-state index in [1.165, 1.54) is 33.4 Å². The average Bonchev–Trinajstić information content (AvgIpc) is 3.36. The van der Waals surface area contributed by atoms with Gasteiger partial charge < -0.3 is 0 Å². The normalized spacial score (nSPS) is 20.1. The Morgan fingerprint density at radius 2 is 1.31 bits per heavy atom. The maximum Gasteiger partial charge on any atom is 0.118 e. The molecule has 0 saturated carbocycles. The predicted octanol–water partition coefficient (Wildman–Crippen LogP) is 7.46. The van der Waals surface area contributed by atoms with Crippen LogP contribution in [0.5, 0.6) is 0 Å². The fraction of sp³-hybridized carbons (Fsp3) is 0.467. The molecule has 1 aliphatic carbocycles. The molecule has 2 heterocycles. The van der Waals surface area contributed by atoms with Gasteiger partial charge in [0.25, 0.3) is 0 Å². The number of hydrogen-bond acceptors (Lipinski definition) is 5. The van der Waals surface area contributed by atoms with Crippen molar-refractivity contribution in [3.8, 4) is 5.69 Å². The Kier molecular flexibility index (Phi) is 5.51. The summed E-state index contributed by atoms with van der Waals surface area (Å²) in [4.78, 5) is 0. The Morgan fingerprint density at radius 3 is 1.97 bits per heavy atom. The molecule has 6 heteroatoms. The van der Waals surface area contributed by atoms with E-state index in [9.17, 15) is 0 Å². The lowest BCUT2D eigenvalue weighted by molar-refractivity contribution is 0.567. The van der Waals surface area contributed by atoms with Gasteiger partial charge in [-0.15, -0.1) is 5.10 Å². The van der Waals surface area contributed by atoms with Gasteiger partial charge >= 0.3 is 0 Å². The van der Waals surface area contributed by atoms with Crippen molar-refractivity contribution in [2.24, 2.45) is 10.3 Å². The second-order valence-electron chi connectivity index (χ2n) is 12.5. The Morgan fingerprint density at radius 1 is 0.722 bits per heavy atom. The summed E-state index contributed by atoms with van der Waals surface area (Å²) >= 11 is 0. The summed E-state index contributed by atoms with van der Waals surface area (Å²) in [6, 6.07) is 9.09. The number of nitrogens with zero attached hydrogens (tertiary/aromatic N) is 6. The first kappa shape index (κ1) is 24.4. The highest BCUT2D eigenvalue weighted by molar-refractivity contribution is 5.79. The summed E-state index contributed by atoms with van der Waals surface area (Å²) in [5.74, 6) is 0. The second kappa shape index (κ2) is 8.12. The van der Waals surface area contributed by atoms with Crippen molar-refractivity contribution in [1.82, 2.24) is 15.0 Å². The molecular formula is C30H38N6. The van der Waals surface area contributed by atoms with Crippen LogP contribution in [0.15, 0.2) is 57.9 Å². The molecular weight excluding hydrogens is 444 g/mol. The Labute approximate surface area is 214 Å². The summed E-state index contributed by atoms with van der Waals surface area (Å²) in [5, 5.41) is 20.7. The number of hydrogen-bond donors (Lipinski definition) is 0. The monoisotopic (exact) mass is 482 g/mol. The van der Waals surface area contributed by atoms with E-state index in [1.807, 2.05) is 4.68 Å². The molecule has 0 fully saturated rings. The van der Waals surface area contributed by atoms with Crippen LogP contribution in [-0.4, -0.2) is 27.1 Å². The van der Waals surface area contributed by atoms with Crippen molar-refractivity contribution in [3.05, 3.63) is 69.8 Å². The number of anilines is 1. The van der Waals surface area contributed by atoms with Crippen LogP contribution in [-0.2, 0) is 10.8 Å². The lowest BCUT2D eigenvalue weighted by atomic mass is 9.79. The van der Waals surface area contributed by atoms with E-state index in [0.29, 0.717) is 0 Å². The van der Waals surface area contributed by atoms with Gasteiger partial charge in [-0.1, -0.05) is 75.3 Å². The molecule has 3 aromatic rings. The van der Waals surface area contributed by atoms with Gasteiger partial charge in [-0.25, -0.2) is 9.69 Å². The minimum Gasteiger partial charge on any atom is -0.237 e. The summed E-state index contributed by atoms with van der Waals surface area (Å²) in [7, 11) is 0. The first-order valence-electron chi connectivity index (χ1n) is 12.8. The largest absolute Gasteiger partial charge is 0.237 e. The summed E-state index contributed by atoms with van der Waals surface area (Å²) in [6.07, 6.45) is 4.55. The highest BCUT2D eigenvalue weighted by Crippen LogP contribution is 2.43. The number of aromatic nitrogens is 3. The minimum atomic E-state index is -0.121. The van der Waals surface area contributed by atoms with E-state index in [1.54, 1.807) is 0 Å². The molecule has 0 bridgehead atoms. The molecule has 2 atom stereocenters. The third kappa shape index (κ3) is 3.97. The molecule has 2 unspecified atom stereocenters. The number of benzene rings is 2. The van der Waals surface area contributed by atoms with Crippen molar-refractivity contribution in [1.29, 1.82) is 0 Å². The Bertz CT molecular complexity index is 1460. The SMILES string of the molecule is CC1=CC2N=NN(c3cc(C(C)(C)C)c(-n4nnc5cc(C)c(C)cc54)cc3C(C)(C)C)C2C=C1C. The second-order valence-corrected chi connectivity index (χ2v) is 12.5. The van der Waals surface area contributed by atoms with Gasteiger partial charge in [0.2, 0.25) is 0 Å². The molecule has 0 radical (unpaired) electrons. The van der Waals surface area contributed by atoms with Crippen LogP contribution in [0.1, 0.15) is 77.6 Å². The summed E-state index contributed by atoms with van der Waals surface area (Å²) in [5.41, 5.74) is 11.4. The van der Waals surface area contributed by atoms with E-state index < -0.39 is 0 Å². The molecule has 2 aromatic carbocycles. The highest BCUT2D eigenvalue weighted by atomic mass is 15.6. The maximum absolute atomic E-state index is 4.71. The average molecular weight is 483 g/mol. The van der Waals surface area contributed by atoms with E-state index in [0.717, 1.165) is 22.4 Å². The maximum atomic E-state index is 4.71. The third-order valence-electron chi connectivity index (χ3n) is 7.64. The van der Waals surface area contributed by atoms with Crippen LogP contribution in [0.2, 0.25) is 0 Å². The smallest absolute Gasteiger partial charge is 0.118 e. The molecule has 188 valence electrons. The van der Waals surface area contributed by atoms with E-state index >= 15 is 0 Å². The quantitative estimate of drug-likeness (QED) is 0.381. The van der Waals surface area contributed by atoms with Gasteiger partial charge in [-0.05, 0) is 85.0 Å². The van der Waals surface area contributed by atoms with E-state index in [2.05, 4.69) is 126 Å². The van der Waals surface area contributed by atoms with Gasteiger partial charge in [0.05, 0.1) is 16.9 Å². The zero-order valence-corrected chi connectivity index (χ0v) is 23.3. The number of rotatable bonds is 2. The van der Waals surface area contributed by atoms with Gasteiger partial charge in [0.1, 0.15) is 17.6 Å². The summed E-state index contributed by atoms with van der Waals surface area (Å²) in [6.45, 7) is 22.1. The van der Waals surface area contributed by atoms with Gasteiger partial charge in [-0.3, -0.25) is 0 Å². The van der Waals surface area contributed by atoms with Crippen molar-refractivity contribution >= 4 is 16.7 Å².